The van der Waals surface area contributed by atoms with E-state index in [2.05, 4.69) is 4.72 Å². The molecule has 0 bridgehead atoms. The molecule has 20 heavy (non-hydrogen) atoms. The normalized spacial score (nSPS) is 13.2. The molecule has 2 N–H and O–H groups in total. The predicted octanol–water partition coefficient (Wildman–Crippen LogP) is 1.89. The monoisotopic (exact) mass is 307 g/mol. The molecule has 0 saturated heterocycles. The first kappa shape index (κ1) is 16.5. The standard InChI is InChI=1S/C12H15F2NO4S/c1-2-3-9(7-12(16)17)15-20(18,19)11-6-8(13)4-5-10(11)14/h4-6,9,15H,2-3,7H2,1H3,(H,16,17). The lowest BCUT2D eigenvalue weighted by Crippen LogP contribution is -2.36. The van der Waals surface area contributed by atoms with Gasteiger partial charge in [-0.25, -0.2) is 21.9 Å². The minimum Gasteiger partial charge on any atom is -0.481 e. The van der Waals surface area contributed by atoms with Gasteiger partial charge in [0.05, 0.1) is 6.42 Å². The van der Waals surface area contributed by atoms with Gasteiger partial charge >= 0.3 is 5.97 Å². The van der Waals surface area contributed by atoms with Gasteiger partial charge in [-0.3, -0.25) is 4.79 Å². The van der Waals surface area contributed by atoms with Gasteiger partial charge in [-0.2, -0.15) is 0 Å². The van der Waals surface area contributed by atoms with E-state index in [0.717, 1.165) is 6.07 Å². The van der Waals surface area contributed by atoms with Gasteiger partial charge in [-0.05, 0) is 24.6 Å². The Morgan fingerprint density at radius 2 is 2.05 bits per heavy atom. The zero-order valence-corrected chi connectivity index (χ0v) is 11.6. The Bertz CT molecular complexity index is 589. The topological polar surface area (TPSA) is 83.5 Å². The van der Waals surface area contributed by atoms with E-state index in [1.54, 1.807) is 6.92 Å². The van der Waals surface area contributed by atoms with Gasteiger partial charge in [0.15, 0.2) is 0 Å². The van der Waals surface area contributed by atoms with E-state index in [9.17, 15) is 22.0 Å². The van der Waals surface area contributed by atoms with Crippen molar-refractivity contribution in [3.8, 4) is 0 Å². The Labute approximate surface area is 115 Å². The van der Waals surface area contributed by atoms with Gasteiger partial charge in [0.1, 0.15) is 16.5 Å². The summed E-state index contributed by atoms with van der Waals surface area (Å²) >= 11 is 0. The average molecular weight is 307 g/mol. The van der Waals surface area contributed by atoms with Crippen molar-refractivity contribution in [2.24, 2.45) is 0 Å². The number of carboxylic acids is 1. The van der Waals surface area contributed by atoms with E-state index in [4.69, 9.17) is 5.11 Å². The molecule has 1 aromatic carbocycles. The highest BCUT2D eigenvalue weighted by Gasteiger charge is 2.24. The second kappa shape index (κ2) is 6.76. The quantitative estimate of drug-likeness (QED) is 0.805. The molecule has 5 nitrogen and oxygen atoms in total. The van der Waals surface area contributed by atoms with Gasteiger partial charge in [0.25, 0.3) is 0 Å². The van der Waals surface area contributed by atoms with E-state index in [-0.39, 0.29) is 6.42 Å². The van der Waals surface area contributed by atoms with Crippen LogP contribution in [0.4, 0.5) is 8.78 Å². The van der Waals surface area contributed by atoms with Crippen LogP contribution in [-0.2, 0) is 14.8 Å². The van der Waals surface area contributed by atoms with Gasteiger partial charge < -0.3 is 5.11 Å². The average Bonchev–Trinajstić information content (AvgIpc) is 2.31. The van der Waals surface area contributed by atoms with Crippen LogP contribution in [0.1, 0.15) is 26.2 Å². The molecule has 0 aliphatic heterocycles. The third-order valence-electron chi connectivity index (χ3n) is 2.56. The SMILES string of the molecule is CCCC(CC(=O)O)NS(=O)(=O)c1cc(F)ccc1F. The van der Waals surface area contributed by atoms with E-state index in [1.807, 2.05) is 0 Å². The molecule has 0 amide bonds. The molecule has 1 atom stereocenters. The van der Waals surface area contributed by atoms with Crippen LogP contribution in [0.5, 0.6) is 0 Å². The minimum atomic E-state index is -4.31. The molecule has 1 aromatic rings. The number of hydrogen-bond donors (Lipinski definition) is 2. The largest absolute Gasteiger partial charge is 0.481 e. The van der Waals surface area contributed by atoms with Gasteiger partial charge in [0.2, 0.25) is 10.0 Å². The summed E-state index contributed by atoms with van der Waals surface area (Å²) in [5.41, 5.74) is 0. The number of aliphatic carboxylic acids is 1. The van der Waals surface area contributed by atoms with Gasteiger partial charge in [-0.1, -0.05) is 13.3 Å². The molecule has 0 fully saturated rings. The fourth-order valence-electron chi connectivity index (χ4n) is 1.73. The van der Waals surface area contributed by atoms with Crippen molar-refractivity contribution < 1.29 is 27.1 Å². The first-order chi connectivity index (χ1) is 9.26. The summed E-state index contributed by atoms with van der Waals surface area (Å²) in [6.07, 6.45) is 0.401. The van der Waals surface area contributed by atoms with Crippen molar-refractivity contribution in [2.45, 2.75) is 37.1 Å². The number of nitrogens with one attached hydrogen (secondary N) is 1. The van der Waals surface area contributed by atoms with E-state index >= 15 is 0 Å². The molecule has 0 radical (unpaired) electrons. The number of carbonyl (C=O) groups is 1. The molecule has 112 valence electrons. The minimum absolute atomic E-state index is 0.280. The molecule has 1 unspecified atom stereocenters. The summed E-state index contributed by atoms with van der Waals surface area (Å²) < 4.78 is 52.5. The number of benzene rings is 1. The van der Waals surface area contributed by atoms with Crippen LogP contribution in [-0.4, -0.2) is 25.5 Å². The summed E-state index contributed by atoms with van der Waals surface area (Å²) in [6, 6.07) is 1.19. The smallest absolute Gasteiger partial charge is 0.304 e. The maximum atomic E-state index is 13.5. The fourth-order valence-corrected chi connectivity index (χ4v) is 3.09. The Morgan fingerprint density at radius 3 is 2.60 bits per heavy atom. The van der Waals surface area contributed by atoms with Gasteiger partial charge in [-0.15, -0.1) is 0 Å². The van der Waals surface area contributed by atoms with Crippen molar-refractivity contribution in [1.82, 2.24) is 4.72 Å². The lowest BCUT2D eigenvalue weighted by molar-refractivity contribution is -0.137. The van der Waals surface area contributed by atoms with Crippen LogP contribution in [0.2, 0.25) is 0 Å². The zero-order valence-electron chi connectivity index (χ0n) is 10.8. The second-order valence-electron chi connectivity index (χ2n) is 4.28. The predicted molar refractivity (Wildman–Crippen MR) is 67.6 cm³/mol. The summed E-state index contributed by atoms with van der Waals surface area (Å²) in [5.74, 6) is -3.16. The number of hydrogen-bond acceptors (Lipinski definition) is 3. The Kier molecular flexibility index (Phi) is 5.58. The van der Waals surface area contributed by atoms with E-state index < -0.39 is 45.0 Å². The fraction of sp³-hybridized carbons (Fsp3) is 0.417. The molecule has 0 heterocycles. The van der Waals surface area contributed by atoms with Crippen LogP contribution in [0.3, 0.4) is 0 Å². The first-order valence-electron chi connectivity index (χ1n) is 5.95. The lowest BCUT2D eigenvalue weighted by atomic mass is 10.1. The van der Waals surface area contributed by atoms with Crippen molar-refractivity contribution >= 4 is 16.0 Å². The number of halogens is 2. The molecule has 0 aromatic heterocycles. The second-order valence-corrected chi connectivity index (χ2v) is 5.96. The number of carboxylic acid groups (broad SMARTS) is 1. The summed E-state index contributed by atoms with van der Waals surface area (Å²) in [7, 11) is -4.31. The first-order valence-corrected chi connectivity index (χ1v) is 7.43. The van der Waals surface area contributed by atoms with Crippen LogP contribution in [0.15, 0.2) is 23.1 Å². The van der Waals surface area contributed by atoms with E-state index in [1.165, 1.54) is 0 Å². The molecule has 0 saturated carbocycles. The summed E-state index contributed by atoms with van der Waals surface area (Å²) in [4.78, 5) is 9.83. The highest BCUT2D eigenvalue weighted by Crippen LogP contribution is 2.17. The van der Waals surface area contributed by atoms with Crippen LogP contribution in [0, 0.1) is 11.6 Å². The lowest BCUT2D eigenvalue weighted by Gasteiger charge is -2.16. The summed E-state index contributed by atoms with van der Waals surface area (Å²) in [5, 5.41) is 8.71. The third kappa shape index (κ3) is 4.53. The maximum absolute atomic E-state index is 13.5. The molecular weight excluding hydrogens is 292 g/mol. The molecule has 0 aliphatic carbocycles. The van der Waals surface area contributed by atoms with Crippen molar-refractivity contribution in [3.63, 3.8) is 0 Å². The molecule has 1 rings (SSSR count). The molecule has 0 spiro atoms. The van der Waals surface area contributed by atoms with Crippen molar-refractivity contribution in [3.05, 3.63) is 29.8 Å². The highest BCUT2D eigenvalue weighted by atomic mass is 32.2. The zero-order chi connectivity index (χ0) is 15.3. The van der Waals surface area contributed by atoms with Crippen molar-refractivity contribution in [2.75, 3.05) is 0 Å². The Balaban J connectivity index is 3.02. The van der Waals surface area contributed by atoms with Crippen LogP contribution in [0.25, 0.3) is 0 Å². The molecule has 8 heteroatoms. The Morgan fingerprint density at radius 1 is 1.40 bits per heavy atom. The van der Waals surface area contributed by atoms with Gasteiger partial charge in [0, 0.05) is 6.04 Å². The third-order valence-corrected chi connectivity index (χ3v) is 4.10. The molecule has 0 aliphatic rings. The molecular formula is C12H15F2NO4S. The highest BCUT2D eigenvalue weighted by molar-refractivity contribution is 7.89. The van der Waals surface area contributed by atoms with Crippen LogP contribution < -0.4 is 4.72 Å². The van der Waals surface area contributed by atoms with E-state index in [0.29, 0.717) is 18.6 Å². The van der Waals surface area contributed by atoms with Crippen LogP contribution >= 0.6 is 0 Å². The summed E-state index contributed by atoms with van der Waals surface area (Å²) in [6.45, 7) is 1.76. The maximum Gasteiger partial charge on any atom is 0.304 e. The van der Waals surface area contributed by atoms with Crippen molar-refractivity contribution in [1.29, 1.82) is 0 Å². The Hall–Kier alpha value is -1.54. The number of rotatable bonds is 7. The number of sulfonamides is 1.